The average molecular weight is 330 g/mol. The Hall–Kier alpha value is -1.98. The molecule has 0 spiro atoms. The highest BCUT2D eigenvalue weighted by Crippen LogP contribution is 2.22. The Morgan fingerprint density at radius 1 is 1.17 bits per heavy atom. The summed E-state index contributed by atoms with van der Waals surface area (Å²) in [5.74, 6) is -0.286. The first-order valence-corrected chi connectivity index (χ1v) is 8.24. The van der Waals surface area contributed by atoms with Crippen molar-refractivity contribution in [2.45, 2.75) is 6.04 Å². The number of piperazine rings is 1. The maximum absolute atomic E-state index is 13.9. The van der Waals surface area contributed by atoms with E-state index in [1.54, 1.807) is 18.2 Å². The van der Waals surface area contributed by atoms with Gasteiger partial charge in [-0.1, -0.05) is 42.5 Å². The number of rotatable bonds is 2. The molecule has 23 heavy (non-hydrogen) atoms. The van der Waals surface area contributed by atoms with E-state index in [0.29, 0.717) is 10.8 Å². The standard InChI is InChI=1S/C18H20FN3S/c1-21-11-12-22(17(13-21)14-7-3-2-4-8-14)18(23)20-16-10-6-5-9-15(16)19/h2-10,17H,11-13H2,1H3,(H,20,23)/p+1/t17-/m1/s1. The van der Waals surface area contributed by atoms with Crippen LogP contribution in [0.25, 0.3) is 0 Å². The van der Waals surface area contributed by atoms with Gasteiger partial charge in [0.2, 0.25) is 0 Å². The fourth-order valence-corrected chi connectivity index (χ4v) is 3.30. The van der Waals surface area contributed by atoms with Gasteiger partial charge in [-0.3, -0.25) is 0 Å². The third kappa shape index (κ3) is 3.68. The molecule has 0 saturated carbocycles. The number of hydrogen-bond acceptors (Lipinski definition) is 1. The van der Waals surface area contributed by atoms with Crippen LogP contribution in [0.4, 0.5) is 10.1 Å². The summed E-state index contributed by atoms with van der Waals surface area (Å²) in [7, 11) is 2.20. The second kappa shape index (κ2) is 7.06. The van der Waals surface area contributed by atoms with Crippen LogP contribution < -0.4 is 10.2 Å². The molecule has 120 valence electrons. The van der Waals surface area contributed by atoms with Crippen LogP contribution in [0, 0.1) is 5.82 Å². The second-order valence-corrected chi connectivity index (χ2v) is 6.33. The van der Waals surface area contributed by atoms with Crippen LogP contribution in [0.2, 0.25) is 0 Å². The Balaban J connectivity index is 1.81. The summed E-state index contributed by atoms with van der Waals surface area (Å²) >= 11 is 5.57. The van der Waals surface area contributed by atoms with Crippen LogP contribution in [0.15, 0.2) is 54.6 Å². The molecule has 2 atom stereocenters. The third-order valence-electron chi connectivity index (χ3n) is 4.26. The summed E-state index contributed by atoms with van der Waals surface area (Å²) in [5.41, 5.74) is 1.67. The largest absolute Gasteiger partial charge is 0.334 e. The lowest BCUT2D eigenvalue weighted by Crippen LogP contribution is -3.12. The first-order chi connectivity index (χ1) is 11.1. The first kappa shape index (κ1) is 15.9. The third-order valence-corrected chi connectivity index (χ3v) is 4.59. The molecule has 1 saturated heterocycles. The molecule has 1 aliphatic rings. The fraction of sp³-hybridized carbons (Fsp3) is 0.278. The normalized spacial score (nSPS) is 21.0. The van der Waals surface area contributed by atoms with E-state index in [0.717, 1.165) is 19.6 Å². The van der Waals surface area contributed by atoms with E-state index in [2.05, 4.69) is 29.4 Å². The molecule has 0 radical (unpaired) electrons. The van der Waals surface area contributed by atoms with Crippen molar-refractivity contribution in [2.75, 3.05) is 32.0 Å². The van der Waals surface area contributed by atoms with Crippen molar-refractivity contribution in [2.24, 2.45) is 0 Å². The smallest absolute Gasteiger partial charge is 0.174 e. The van der Waals surface area contributed by atoms with Crippen molar-refractivity contribution in [3.63, 3.8) is 0 Å². The number of quaternary nitrogens is 1. The van der Waals surface area contributed by atoms with Crippen LogP contribution in [-0.4, -0.2) is 36.7 Å². The van der Waals surface area contributed by atoms with Gasteiger partial charge in [0.25, 0.3) is 0 Å². The van der Waals surface area contributed by atoms with Crippen molar-refractivity contribution >= 4 is 23.0 Å². The summed E-state index contributed by atoms with van der Waals surface area (Å²) < 4.78 is 13.9. The predicted molar refractivity (Wildman–Crippen MR) is 95.1 cm³/mol. The van der Waals surface area contributed by atoms with Crippen LogP contribution in [0.1, 0.15) is 11.6 Å². The molecule has 3 rings (SSSR count). The predicted octanol–water partition coefficient (Wildman–Crippen LogP) is 2.09. The Morgan fingerprint density at radius 3 is 2.61 bits per heavy atom. The van der Waals surface area contributed by atoms with Crippen LogP contribution in [0.3, 0.4) is 0 Å². The zero-order chi connectivity index (χ0) is 16.2. The van der Waals surface area contributed by atoms with E-state index >= 15 is 0 Å². The molecule has 0 amide bonds. The molecule has 1 fully saturated rings. The summed E-state index contributed by atoms with van der Waals surface area (Å²) in [6.07, 6.45) is 0. The molecule has 3 nitrogen and oxygen atoms in total. The number of para-hydroxylation sites is 1. The minimum absolute atomic E-state index is 0.205. The molecule has 2 aromatic carbocycles. The van der Waals surface area contributed by atoms with Gasteiger partial charge < -0.3 is 15.1 Å². The molecule has 0 aromatic heterocycles. The first-order valence-electron chi connectivity index (χ1n) is 7.83. The van der Waals surface area contributed by atoms with Gasteiger partial charge >= 0.3 is 0 Å². The van der Waals surface area contributed by atoms with E-state index in [-0.39, 0.29) is 11.9 Å². The number of thiocarbonyl (C=S) groups is 1. The molecular weight excluding hydrogens is 309 g/mol. The minimum atomic E-state index is -0.286. The average Bonchev–Trinajstić information content (AvgIpc) is 2.57. The number of nitrogens with one attached hydrogen (secondary N) is 2. The Bertz CT molecular complexity index is 677. The maximum Gasteiger partial charge on any atom is 0.174 e. The van der Waals surface area contributed by atoms with Crippen LogP contribution >= 0.6 is 12.2 Å². The number of anilines is 1. The number of hydrogen-bond donors (Lipinski definition) is 2. The fourth-order valence-electron chi connectivity index (χ4n) is 2.98. The molecule has 2 aromatic rings. The maximum atomic E-state index is 13.9. The SMILES string of the molecule is C[NH+]1CCN(C(=S)Nc2ccccc2F)[C@@H](c2ccccc2)C1. The quantitative estimate of drug-likeness (QED) is 0.823. The lowest BCUT2D eigenvalue weighted by atomic mass is 10.0. The minimum Gasteiger partial charge on any atom is -0.334 e. The van der Waals surface area contributed by atoms with Gasteiger partial charge in [0.1, 0.15) is 18.4 Å². The van der Waals surface area contributed by atoms with E-state index in [1.165, 1.54) is 16.5 Å². The lowest BCUT2D eigenvalue weighted by Gasteiger charge is -2.39. The van der Waals surface area contributed by atoms with E-state index in [4.69, 9.17) is 12.2 Å². The molecule has 2 N–H and O–H groups in total. The number of likely N-dealkylation sites (N-methyl/N-ethyl adjacent to an activating group) is 1. The highest BCUT2D eigenvalue weighted by Gasteiger charge is 2.31. The van der Waals surface area contributed by atoms with Crippen molar-refractivity contribution in [3.8, 4) is 0 Å². The van der Waals surface area contributed by atoms with Gasteiger partial charge in [-0.05, 0) is 29.9 Å². The summed E-state index contributed by atoms with van der Waals surface area (Å²) in [6.45, 7) is 2.84. The molecule has 1 aliphatic heterocycles. The second-order valence-electron chi connectivity index (χ2n) is 5.94. The zero-order valence-corrected chi connectivity index (χ0v) is 13.9. The van der Waals surface area contributed by atoms with Crippen molar-refractivity contribution in [1.82, 2.24) is 4.90 Å². The van der Waals surface area contributed by atoms with Gasteiger partial charge in [0.15, 0.2) is 5.11 Å². The van der Waals surface area contributed by atoms with Gasteiger partial charge in [-0.2, -0.15) is 0 Å². The lowest BCUT2D eigenvalue weighted by molar-refractivity contribution is -0.887. The Kier molecular flexibility index (Phi) is 4.88. The molecule has 0 aliphatic carbocycles. The summed E-state index contributed by atoms with van der Waals surface area (Å²) in [6, 6.07) is 17.2. The highest BCUT2D eigenvalue weighted by molar-refractivity contribution is 7.80. The van der Waals surface area contributed by atoms with E-state index in [1.807, 2.05) is 18.2 Å². The van der Waals surface area contributed by atoms with Crippen molar-refractivity contribution in [1.29, 1.82) is 0 Å². The van der Waals surface area contributed by atoms with Gasteiger partial charge in [0, 0.05) is 0 Å². The Morgan fingerprint density at radius 2 is 1.87 bits per heavy atom. The number of nitrogens with zero attached hydrogens (tertiary/aromatic N) is 1. The number of benzene rings is 2. The van der Waals surface area contributed by atoms with Gasteiger partial charge in [0.05, 0.1) is 25.8 Å². The molecule has 5 heteroatoms. The summed E-state index contributed by atoms with van der Waals surface area (Å²) in [4.78, 5) is 3.65. The molecule has 0 bridgehead atoms. The van der Waals surface area contributed by atoms with Crippen molar-refractivity contribution in [3.05, 3.63) is 66.0 Å². The molecule has 1 unspecified atom stereocenters. The van der Waals surface area contributed by atoms with Gasteiger partial charge in [-0.15, -0.1) is 0 Å². The number of halogens is 1. The van der Waals surface area contributed by atoms with E-state index in [9.17, 15) is 4.39 Å². The summed E-state index contributed by atoms with van der Waals surface area (Å²) in [5, 5.41) is 3.65. The Labute approximate surface area is 141 Å². The van der Waals surface area contributed by atoms with Gasteiger partial charge in [-0.25, -0.2) is 4.39 Å². The zero-order valence-electron chi connectivity index (χ0n) is 13.1. The van der Waals surface area contributed by atoms with E-state index < -0.39 is 0 Å². The molecular formula is C18H21FN3S+. The monoisotopic (exact) mass is 330 g/mol. The molecule has 1 heterocycles. The highest BCUT2D eigenvalue weighted by atomic mass is 32.1. The van der Waals surface area contributed by atoms with Crippen molar-refractivity contribution < 1.29 is 9.29 Å². The van der Waals surface area contributed by atoms with Crippen LogP contribution in [0.5, 0.6) is 0 Å². The van der Waals surface area contributed by atoms with Crippen LogP contribution in [-0.2, 0) is 0 Å². The topological polar surface area (TPSA) is 19.7 Å².